The Labute approximate surface area is 132 Å². The molecule has 0 saturated carbocycles. The fourth-order valence-electron chi connectivity index (χ4n) is 2.25. The standard InChI is InChI=1S/C16H25ClN2O2/c1-2-3-4-5-6-7-8-9-12-18-14-10-11-15(17)16(13-14)19(20)21/h10-11,13,18H,2-9,12H2,1H3. The second kappa shape index (κ2) is 10.4. The maximum absolute atomic E-state index is 10.8. The minimum atomic E-state index is -0.455. The van der Waals surface area contributed by atoms with Crippen molar-refractivity contribution >= 4 is 23.0 Å². The van der Waals surface area contributed by atoms with Crippen LogP contribution < -0.4 is 5.32 Å². The van der Waals surface area contributed by atoms with Crippen molar-refractivity contribution in [3.8, 4) is 0 Å². The molecule has 0 aromatic heterocycles. The summed E-state index contributed by atoms with van der Waals surface area (Å²) in [7, 11) is 0. The Kier molecular flexibility index (Phi) is 8.83. The van der Waals surface area contributed by atoms with Gasteiger partial charge >= 0.3 is 0 Å². The van der Waals surface area contributed by atoms with E-state index in [4.69, 9.17) is 11.6 Å². The maximum Gasteiger partial charge on any atom is 0.289 e. The molecule has 0 amide bonds. The molecule has 5 heteroatoms. The van der Waals surface area contributed by atoms with Crippen LogP contribution in [0.4, 0.5) is 11.4 Å². The summed E-state index contributed by atoms with van der Waals surface area (Å²) in [6.07, 6.45) is 10.2. The molecule has 0 radical (unpaired) electrons. The first-order valence-electron chi connectivity index (χ1n) is 7.83. The monoisotopic (exact) mass is 312 g/mol. The number of benzene rings is 1. The Balaban J connectivity index is 2.16. The number of hydrogen-bond acceptors (Lipinski definition) is 3. The summed E-state index contributed by atoms with van der Waals surface area (Å²) in [5.41, 5.74) is 0.714. The van der Waals surface area contributed by atoms with Crippen LogP contribution in [0.3, 0.4) is 0 Å². The molecular formula is C16H25ClN2O2. The van der Waals surface area contributed by atoms with E-state index in [0.29, 0.717) is 0 Å². The van der Waals surface area contributed by atoms with E-state index in [1.54, 1.807) is 12.1 Å². The van der Waals surface area contributed by atoms with Gasteiger partial charge < -0.3 is 5.32 Å². The summed E-state index contributed by atoms with van der Waals surface area (Å²) in [5.74, 6) is 0. The molecule has 0 spiro atoms. The second-order valence-corrected chi connectivity index (χ2v) is 5.73. The number of nitrogens with one attached hydrogen (secondary N) is 1. The normalized spacial score (nSPS) is 10.6. The SMILES string of the molecule is CCCCCCCCCCNc1ccc(Cl)c([N+](=O)[O-])c1. The summed E-state index contributed by atoms with van der Waals surface area (Å²) in [6.45, 7) is 3.07. The summed E-state index contributed by atoms with van der Waals surface area (Å²) < 4.78 is 0. The Morgan fingerprint density at radius 3 is 2.33 bits per heavy atom. The van der Waals surface area contributed by atoms with Crippen molar-refractivity contribution in [2.45, 2.75) is 58.3 Å². The highest BCUT2D eigenvalue weighted by atomic mass is 35.5. The first kappa shape index (κ1) is 17.8. The van der Waals surface area contributed by atoms with Crippen molar-refractivity contribution in [1.29, 1.82) is 0 Å². The van der Waals surface area contributed by atoms with Gasteiger partial charge in [0.15, 0.2) is 0 Å². The fourth-order valence-corrected chi connectivity index (χ4v) is 2.44. The van der Waals surface area contributed by atoms with E-state index in [-0.39, 0.29) is 10.7 Å². The van der Waals surface area contributed by atoms with Crippen LogP contribution >= 0.6 is 11.6 Å². The highest BCUT2D eigenvalue weighted by Crippen LogP contribution is 2.27. The summed E-state index contributed by atoms with van der Waals surface area (Å²) >= 11 is 5.78. The largest absolute Gasteiger partial charge is 0.385 e. The molecule has 0 atom stereocenters. The van der Waals surface area contributed by atoms with Gasteiger partial charge in [-0.25, -0.2) is 0 Å². The van der Waals surface area contributed by atoms with E-state index < -0.39 is 4.92 Å². The van der Waals surface area contributed by atoms with E-state index >= 15 is 0 Å². The molecule has 0 aliphatic carbocycles. The lowest BCUT2D eigenvalue weighted by molar-refractivity contribution is -0.384. The quantitative estimate of drug-likeness (QED) is 0.319. The number of nitrogens with zero attached hydrogens (tertiary/aromatic N) is 1. The Bertz CT molecular complexity index is 438. The van der Waals surface area contributed by atoms with Gasteiger partial charge in [-0.2, -0.15) is 0 Å². The number of unbranched alkanes of at least 4 members (excludes halogenated alkanes) is 7. The minimum absolute atomic E-state index is 0.0439. The summed E-state index contributed by atoms with van der Waals surface area (Å²) in [6, 6.07) is 4.84. The molecule has 1 N–H and O–H groups in total. The van der Waals surface area contributed by atoms with Crippen LogP contribution in [0.2, 0.25) is 5.02 Å². The smallest absolute Gasteiger partial charge is 0.289 e. The van der Waals surface area contributed by atoms with Crippen LogP contribution in [0.5, 0.6) is 0 Å². The van der Waals surface area contributed by atoms with Crippen molar-refractivity contribution in [3.05, 3.63) is 33.3 Å². The van der Waals surface area contributed by atoms with Crippen LogP contribution in [0.25, 0.3) is 0 Å². The molecule has 0 fully saturated rings. The van der Waals surface area contributed by atoms with Gasteiger partial charge in [-0.15, -0.1) is 0 Å². The van der Waals surface area contributed by atoms with Crippen molar-refractivity contribution < 1.29 is 4.92 Å². The molecule has 4 nitrogen and oxygen atoms in total. The third kappa shape index (κ3) is 7.32. The van der Waals surface area contributed by atoms with Crippen molar-refractivity contribution in [2.24, 2.45) is 0 Å². The zero-order valence-corrected chi connectivity index (χ0v) is 13.5. The van der Waals surface area contributed by atoms with Gasteiger partial charge in [0, 0.05) is 18.3 Å². The molecule has 1 aromatic carbocycles. The van der Waals surface area contributed by atoms with Crippen LogP contribution in [0.1, 0.15) is 58.3 Å². The molecule has 0 aliphatic rings. The molecular weight excluding hydrogens is 288 g/mol. The molecule has 1 aromatic rings. The van der Waals surface area contributed by atoms with E-state index in [1.165, 1.54) is 51.0 Å². The molecule has 118 valence electrons. The van der Waals surface area contributed by atoms with E-state index in [0.717, 1.165) is 18.7 Å². The molecule has 0 aliphatic heterocycles. The number of nitro groups is 1. The van der Waals surface area contributed by atoms with Gasteiger partial charge in [0.05, 0.1) is 4.92 Å². The van der Waals surface area contributed by atoms with Crippen LogP contribution in [0.15, 0.2) is 18.2 Å². The van der Waals surface area contributed by atoms with Gasteiger partial charge in [-0.05, 0) is 18.6 Å². The number of anilines is 1. The number of hydrogen-bond donors (Lipinski definition) is 1. The maximum atomic E-state index is 10.8. The summed E-state index contributed by atoms with van der Waals surface area (Å²) in [4.78, 5) is 10.3. The average molecular weight is 313 g/mol. The van der Waals surface area contributed by atoms with E-state index in [2.05, 4.69) is 12.2 Å². The molecule has 21 heavy (non-hydrogen) atoms. The lowest BCUT2D eigenvalue weighted by atomic mass is 10.1. The van der Waals surface area contributed by atoms with Crippen molar-refractivity contribution in [2.75, 3.05) is 11.9 Å². The van der Waals surface area contributed by atoms with Gasteiger partial charge in [0.25, 0.3) is 5.69 Å². The van der Waals surface area contributed by atoms with Crippen molar-refractivity contribution in [3.63, 3.8) is 0 Å². The van der Waals surface area contributed by atoms with E-state index in [1.807, 2.05) is 0 Å². The topological polar surface area (TPSA) is 55.2 Å². The predicted molar refractivity (Wildman–Crippen MR) is 89.2 cm³/mol. The van der Waals surface area contributed by atoms with Gasteiger partial charge in [0.2, 0.25) is 0 Å². The lowest BCUT2D eigenvalue weighted by Crippen LogP contribution is -2.02. The molecule has 1 rings (SSSR count). The van der Waals surface area contributed by atoms with Crippen LogP contribution in [-0.4, -0.2) is 11.5 Å². The van der Waals surface area contributed by atoms with Gasteiger partial charge in [-0.3, -0.25) is 10.1 Å². The first-order chi connectivity index (χ1) is 10.1. The summed E-state index contributed by atoms with van der Waals surface area (Å²) in [5, 5.41) is 14.2. The third-order valence-electron chi connectivity index (χ3n) is 3.50. The van der Waals surface area contributed by atoms with Gasteiger partial charge in [-0.1, -0.05) is 63.5 Å². The molecule has 0 bridgehead atoms. The Morgan fingerprint density at radius 2 is 1.71 bits per heavy atom. The minimum Gasteiger partial charge on any atom is -0.385 e. The first-order valence-corrected chi connectivity index (χ1v) is 8.20. The third-order valence-corrected chi connectivity index (χ3v) is 3.82. The Hall–Kier alpha value is -1.29. The van der Waals surface area contributed by atoms with Crippen LogP contribution in [0, 0.1) is 10.1 Å². The second-order valence-electron chi connectivity index (χ2n) is 5.32. The fraction of sp³-hybridized carbons (Fsp3) is 0.625. The number of halogens is 1. The molecule has 0 saturated heterocycles. The highest BCUT2D eigenvalue weighted by Gasteiger charge is 2.12. The zero-order chi connectivity index (χ0) is 15.5. The number of rotatable bonds is 11. The molecule has 0 heterocycles. The van der Waals surface area contributed by atoms with Gasteiger partial charge in [0.1, 0.15) is 5.02 Å². The average Bonchev–Trinajstić information content (AvgIpc) is 2.47. The zero-order valence-electron chi connectivity index (χ0n) is 12.7. The number of nitro benzene ring substituents is 1. The molecule has 0 unspecified atom stereocenters. The lowest BCUT2D eigenvalue weighted by Gasteiger charge is -2.07. The predicted octanol–water partition coefficient (Wildman–Crippen LogP) is 5.80. The van der Waals surface area contributed by atoms with Crippen molar-refractivity contribution in [1.82, 2.24) is 0 Å². The Morgan fingerprint density at radius 1 is 1.10 bits per heavy atom. The highest BCUT2D eigenvalue weighted by molar-refractivity contribution is 6.32. The van der Waals surface area contributed by atoms with Crippen LogP contribution in [-0.2, 0) is 0 Å². The van der Waals surface area contributed by atoms with E-state index in [9.17, 15) is 10.1 Å².